The number of halogens is 1. The van der Waals surface area contributed by atoms with Crippen molar-refractivity contribution in [3.8, 4) is 0 Å². The highest BCUT2D eigenvalue weighted by molar-refractivity contribution is 9.10. The van der Waals surface area contributed by atoms with E-state index in [-0.39, 0.29) is 11.9 Å². The zero-order valence-electron chi connectivity index (χ0n) is 12.1. The summed E-state index contributed by atoms with van der Waals surface area (Å²) in [4.78, 5) is 23.6. The van der Waals surface area contributed by atoms with Crippen molar-refractivity contribution in [2.24, 2.45) is 0 Å². The van der Waals surface area contributed by atoms with Crippen LogP contribution in [0.25, 0.3) is 0 Å². The van der Waals surface area contributed by atoms with Crippen LogP contribution in [-0.2, 0) is 14.3 Å². The second kappa shape index (κ2) is 10.7. The van der Waals surface area contributed by atoms with Crippen LogP contribution >= 0.6 is 27.7 Å². The lowest BCUT2D eigenvalue weighted by atomic mass is 10.2. The first kappa shape index (κ1) is 18.0. The molecule has 0 aliphatic carbocycles. The third kappa shape index (κ3) is 8.78. The van der Waals surface area contributed by atoms with Gasteiger partial charge in [0.2, 0.25) is 5.91 Å². The normalized spacial score (nSPS) is 10.2. The number of carbonyl (C=O) groups excluding carboxylic acids is 2. The topological polar surface area (TPSA) is 55.4 Å². The number of thioether (sulfide) groups is 1. The van der Waals surface area contributed by atoms with Crippen LogP contribution in [-0.4, -0.2) is 31.3 Å². The van der Waals surface area contributed by atoms with Gasteiger partial charge in [-0.25, -0.2) is 0 Å². The molecule has 0 spiro atoms. The highest BCUT2D eigenvalue weighted by atomic mass is 79.9. The molecular weight excluding hydrogens is 354 g/mol. The quantitative estimate of drug-likeness (QED) is 0.409. The Bertz CT molecular complexity index is 451. The van der Waals surface area contributed by atoms with Crippen molar-refractivity contribution >= 4 is 39.6 Å². The summed E-state index contributed by atoms with van der Waals surface area (Å²) in [5.41, 5.74) is 0. The zero-order chi connectivity index (χ0) is 15.5. The van der Waals surface area contributed by atoms with Crippen molar-refractivity contribution in [3.63, 3.8) is 0 Å². The van der Waals surface area contributed by atoms with E-state index in [1.165, 1.54) is 18.9 Å². The predicted octanol–water partition coefficient (Wildman–Crippen LogP) is 3.39. The maximum Gasteiger partial charge on any atom is 0.305 e. The Hall–Kier alpha value is -1.01. The number of amides is 1. The third-order valence-electron chi connectivity index (χ3n) is 2.79. The lowest BCUT2D eigenvalue weighted by molar-refractivity contribution is -0.140. The fourth-order valence-electron chi connectivity index (χ4n) is 1.63. The molecule has 0 aliphatic heterocycles. The van der Waals surface area contributed by atoms with E-state index in [4.69, 9.17) is 0 Å². The molecule has 4 nitrogen and oxygen atoms in total. The van der Waals surface area contributed by atoms with Gasteiger partial charge in [0.1, 0.15) is 0 Å². The van der Waals surface area contributed by atoms with Gasteiger partial charge in [-0.15, -0.1) is 11.8 Å². The molecule has 0 fully saturated rings. The molecule has 1 aromatic carbocycles. The van der Waals surface area contributed by atoms with Crippen LogP contribution in [0.2, 0.25) is 0 Å². The van der Waals surface area contributed by atoms with Crippen molar-refractivity contribution in [1.82, 2.24) is 5.32 Å². The van der Waals surface area contributed by atoms with E-state index in [0.29, 0.717) is 18.7 Å². The van der Waals surface area contributed by atoms with Crippen LogP contribution in [0.1, 0.15) is 25.7 Å². The minimum absolute atomic E-state index is 0.0379. The van der Waals surface area contributed by atoms with Crippen molar-refractivity contribution in [1.29, 1.82) is 0 Å². The number of nitrogens with one attached hydrogen (secondary N) is 1. The Balaban J connectivity index is 2.04. The minimum atomic E-state index is -0.176. The largest absolute Gasteiger partial charge is 0.469 e. The monoisotopic (exact) mass is 373 g/mol. The highest BCUT2D eigenvalue weighted by Crippen LogP contribution is 2.20. The van der Waals surface area contributed by atoms with Crippen molar-refractivity contribution < 1.29 is 14.3 Å². The molecule has 0 saturated heterocycles. The number of benzene rings is 1. The number of carbonyl (C=O) groups is 2. The molecule has 0 bridgehead atoms. The van der Waals surface area contributed by atoms with Crippen molar-refractivity contribution in [3.05, 3.63) is 28.7 Å². The lowest BCUT2D eigenvalue weighted by Gasteiger charge is -2.05. The maximum absolute atomic E-state index is 11.7. The van der Waals surface area contributed by atoms with Crippen LogP contribution in [0.4, 0.5) is 0 Å². The first-order valence-electron chi connectivity index (χ1n) is 6.83. The molecule has 116 valence electrons. The van der Waals surface area contributed by atoms with Crippen molar-refractivity contribution in [2.45, 2.75) is 30.6 Å². The Morgan fingerprint density at radius 3 is 2.57 bits per heavy atom. The first-order chi connectivity index (χ1) is 10.1. The highest BCUT2D eigenvalue weighted by Gasteiger charge is 2.03. The fourth-order valence-corrected chi connectivity index (χ4v) is 2.62. The van der Waals surface area contributed by atoms with Gasteiger partial charge < -0.3 is 10.1 Å². The molecular formula is C15H20BrNO3S. The van der Waals surface area contributed by atoms with Crippen LogP contribution < -0.4 is 5.32 Å². The Kier molecular flexibility index (Phi) is 9.17. The second-order valence-corrected chi connectivity index (χ2v) is 6.44. The SMILES string of the molecule is COC(=O)CCCCCNC(=O)CSc1ccc(Br)cc1. The lowest BCUT2D eigenvalue weighted by Crippen LogP contribution is -2.26. The molecule has 6 heteroatoms. The van der Waals surface area contributed by atoms with E-state index in [9.17, 15) is 9.59 Å². The summed E-state index contributed by atoms with van der Waals surface area (Å²) in [6.45, 7) is 0.654. The molecule has 1 N–H and O–H groups in total. The smallest absolute Gasteiger partial charge is 0.305 e. The summed E-state index contributed by atoms with van der Waals surface area (Å²) in [5.74, 6) is 0.282. The van der Waals surface area contributed by atoms with Gasteiger partial charge in [0.15, 0.2) is 0 Å². The standard InChI is InChI=1S/C15H20BrNO3S/c1-20-15(19)5-3-2-4-10-17-14(18)11-21-13-8-6-12(16)7-9-13/h6-9H,2-5,10-11H2,1H3,(H,17,18). The van der Waals surface area contributed by atoms with E-state index in [0.717, 1.165) is 28.6 Å². The molecule has 1 aromatic rings. The number of ether oxygens (including phenoxy) is 1. The van der Waals surface area contributed by atoms with Crippen LogP contribution in [0.3, 0.4) is 0 Å². The summed E-state index contributed by atoms with van der Waals surface area (Å²) < 4.78 is 5.59. The summed E-state index contributed by atoms with van der Waals surface area (Å²) >= 11 is 4.89. The molecule has 21 heavy (non-hydrogen) atoms. The molecule has 1 amide bonds. The van der Waals surface area contributed by atoms with Gasteiger partial charge in [0.25, 0.3) is 0 Å². The zero-order valence-corrected chi connectivity index (χ0v) is 14.5. The van der Waals surface area contributed by atoms with E-state index < -0.39 is 0 Å². The maximum atomic E-state index is 11.7. The van der Waals surface area contributed by atoms with Gasteiger partial charge in [0, 0.05) is 22.3 Å². The van der Waals surface area contributed by atoms with E-state index in [1.54, 1.807) is 0 Å². The van der Waals surface area contributed by atoms with E-state index >= 15 is 0 Å². The van der Waals surface area contributed by atoms with Gasteiger partial charge in [0.05, 0.1) is 12.9 Å². The van der Waals surface area contributed by atoms with Gasteiger partial charge in [-0.05, 0) is 37.1 Å². The molecule has 0 aromatic heterocycles. The molecule has 0 aliphatic rings. The van der Waals surface area contributed by atoms with E-state index in [2.05, 4.69) is 26.0 Å². The number of rotatable bonds is 9. The average Bonchev–Trinajstić information content (AvgIpc) is 2.49. The third-order valence-corrected chi connectivity index (χ3v) is 4.33. The fraction of sp³-hybridized carbons (Fsp3) is 0.467. The number of hydrogen-bond acceptors (Lipinski definition) is 4. The van der Waals surface area contributed by atoms with Gasteiger partial charge in [-0.2, -0.15) is 0 Å². The van der Waals surface area contributed by atoms with Crippen LogP contribution in [0.5, 0.6) is 0 Å². The minimum Gasteiger partial charge on any atom is -0.469 e. The van der Waals surface area contributed by atoms with Gasteiger partial charge in [-0.3, -0.25) is 9.59 Å². The van der Waals surface area contributed by atoms with Gasteiger partial charge >= 0.3 is 5.97 Å². The average molecular weight is 374 g/mol. The molecule has 0 heterocycles. The summed E-state index contributed by atoms with van der Waals surface area (Å²) in [5, 5.41) is 2.88. The Morgan fingerprint density at radius 1 is 1.19 bits per heavy atom. The van der Waals surface area contributed by atoms with Crippen LogP contribution in [0, 0.1) is 0 Å². The number of esters is 1. The van der Waals surface area contributed by atoms with Crippen molar-refractivity contribution in [2.75, 3.05) is 19.4 Å². The van der Waals surface area contributed by atoms with E-state index in [1.807, 2.05) is 24.3 Å². The molecule has 1 rings (SSSR count). The first-order valence-corrected chi connectivity index (χ1v) is 8.61. The Labute approximate surface area is 138 Å². The molecule has 0 saturated carbocycles. The molecule has 0 unspecified atom stereocenters. The summed E-state index contributed by atoms with van der Waals surface area (Å²) in [6.07, 6.45) is 3.04. The summed E-state index contributed by atoms with van der Waals surface area (Å²) in [7, 11) is 1.39. The number of methoxy groups -OCH3 is 1. The number of hydrogen-bond donors (Lipinski definition) is 1. The van der Waals surface area contributed by atoms with Gasteiger partial charge in [-0.1, -0.05) is 22.4 Å². The second-order valence-electron chi connectivity index (χ2n) is 4.48. The summed E-state index contributed by atoms with van der Waals surface area (Å²) in [6, 6.07) is 7.88. The molecule has 0 atom stereocenters. The predicted molar refractivity (Wildman–Crippen MR) is 88.4 cm³/mol. The molecule has 0 radical (unpaired) electrons. The number of unbranched alkanes of at least 4 members (excludes halogenated alkanes) is 2. The Morgan fingerprint density at radius 2 is 1.90 bits per heavy atom. The van der Waals surface area contributed by atoms with Crippen LogP contribution in [0.15, 0.2) is 33.6 Å².